The molecule has 2 N–H and O–H groups in total. The number of aryl methyl sites for hydroxylation is 3. The lowest BCUT2D eigenvalue weighted by molar-refractivity contribution is 0.102. The summed E-state index contributed by atoms with van der Waals surface area (Å²) in [6.07, 6.45) is 7.44. The number of nitrogens with zero attached hydrogens (tertiary/aromatic N) is 2. The number of aromatic nitrogens is 2. The van der Waals surface area contributed by atoms with Crippen molar-refractivity contribution in [1.82, 2.24) is 9.97 Å². The molecule has 0 spiro atoms. The van der Waals surface area contributed by atoms with E-state index in [0.717, 1.165) is 29.9 Å². The van der Waals surface area contributed by atoms with Crippen LogP contribution in [0, 0.1) is 20.8 Å². The Balaban J connectivity index is 1.73. The van der Waals surface area contributed by atoms with Crippen LogP contribution in [0.5, 0.6) is 0 Å². The van der Waals surface area contributed by atoms with E-state index in [9.17, 15) is 4.79 Å². The normalized spacial score (nSPS) is 15.3. The van der Waals surface area contributed by atoms with Gasteiger partial charge in [-0.05, 0) is 56.9 Å². The molecule has 3 rings (SSSR count). The zero-order chi connectivity index (χ0) is 18.5. The van der Waals surface area contributed by atoms with Crippen LogP contribution >= 0.6 is 0 Å². The quantitative estimate of drug-likeness (QED) is 0.777. The number of hydrogen-bond acceptors (Lipinski definition) is 4. The number of benzene rings is 1. The van der Waals surface area contributed by atoms with E-state index < -0.39 is 0 Å². The lowest BCUT2D eigenvalue weighted by Gasteiger charge is -2.17. The Labute approximate surface area is 155 Å². The summed E-state index contributed by atoms with van der Waals surface area (Å²) in [7, 11) is 0. The van der Waals surface area contributed by atoms with Crippen LogP contribution in [0.4, 0.5) is 11.5 Å². The predicted octanol–water partition coefficient (Wildman–Crippen LogP) is 4.79. The van der Waals surface area contributed by atoms with Gasteiger partial charge in [0.15, 0.2) is 0 Å². The summed E-state index contributed by atoms with van der Waals surface area (Å²) < 4.78 is 0. The largest absolute Gasteiger partial charge is 0.367 e. The smallest absolute Gasteiger partial charge is 0.274 e. The minimum absolute atomic E-state index is 0.206. The van der Waals surface area contributed by atoms with Gasteiger partial charge in [0, 0.05) is 17.8 Å². The zero-order valence-corrected chi connectivity index (χ0v) is 15.9. The summed E-state index contributed by atoms with van der Waals surface area (Å²) >= 11 is 0. The second-order valence-corrected chi connectivity index (χ2v) is 7.27. The van der Waals surface area contributed by atoms with Crippen LogP contribution in [0.15, 0.2) is 24.3 Å². The Morgan fingerprint density at radius 2 is 1.69 bits per heavy atom. The first-order valence-electron chi connectivity index (χ1n) is 9.52. The summed E-state index contributed by atoms with van der Waals surface area (Å²) in [5.74, 6) is 1.14. The molecule has 0 aliphatic heterocycles. The SMILES string of the molecule is Cc1nc(NC2CCCCCC2)cc(C(=O)Nc2ccc(C)c(C)c2)n1. The molecule has 5 nitrogen and oxygen atoms in total. The number of hydrogen-bond donors (Lipinski definition) is 2. The highest BCUT2D eigenvalue weighted by atomic mass is 16.1. The Morgan fingerprint density at radius 3 is 2.38 bits per heavy atom. The van der Waals surface area contributed by atoms with Crippen molar-refractivity contribution in [1.29, 1.82) is 0 Å². The van der Waals surface area contributed by atoms with Gasteiger partial charge in [-0.1, -0.05) is 31.7 Å². The van der Waals surface area contributed by atoms with Gasteiger partial charge < -0.3 is 10.6 Å². The molecule has 0 atom stereocenters. The first-order chi connectivity index (χ1) is 12.5. The number of carbonyl (C=O) groups excluding carboxylic acids is 1. The summed E-state index contributed by atoms with van der Waals surface area (Å²) in [6, 6.07) is 8.09. The molecule has 1 amide bonds. The van der Waals surface area contributed by atoms with Gasteiger partial charge in [0.2, 0.25) is 0 Å². The molecule has 1 aliphatic rings. The third-order valence-corrected chi connectivity index (χ3v) is 5.04. The lowest BCUT2D eigenvalue weighted by Crippen LogP contribution is -2.21. The average molecular weight is 352 g/mol. The van der Waals surface area contributed by atoms with E-state index in [2.05, 4.69) is 27.5 Å². The van der Waals surface area contributed by atoms with E-state index in [4.69, 9.17) is 0 Å². The number of anilines is 2. The minimum atomic E-state index is -0.206. The van der Waals surface area contributed by atoms with Gasteiger partial charge in [0.1, 0.15) is 17.3 Å². The molecule has 0 saturated heterocycles. The van der Waals surface area contributed by atoms with Crippen LogP contribution in [0.25, 0.3) is 0 Å². The van der Waals surface area contributed by atoms with Gasteiger partial charge in [-0.2, -0.15) is 0 Å². The molecular formula is C21H28N4O. The molecule has 0 bridgehead atoms. The standard InChI is InChI=1S/C21H28N4O/c1-14-10-11-18(12-15(14)2)25-21(26)19-13-20(23-16(3)22-19)24-17-8-6-4-5-7-9-17/h10-13,17H,4-9H2,1-3H3,(H,25,26)(H,22,23,24). The molecule has 1 aromatic carbocycles. The second-order valence-electron chi connectivity index (χ2n) is 7.27. The van der Waals surface area contributed by atoms with Crippen LogP contribution in [-0.2, 0) is 0 Å². The number of rotatable bonds is 4. The first-order valence-corrected chi connectivity index (χ1v) is 9.52. The van der Waals surface area contributed by atoms with E-state index in [1.165, 1.54) is 31.2 Å². The molecule has 1 heterocycles. The summed E-state index contributed by atoms with van der Waals surface area (Å²) in [5.41, 5.74) is 3.53. The third kappa shape index (κ3) is 4.81. The van der Waals surface area contributed by atoms with Crippen LogP contribution in [-0.4, -0.2) is 21.9 Å². The van der Waals surface area contributed by atoms with Crippen molar-refractivity contribution in [2.75, 3.05) is 10.6 Å². The van der Waals surface area contributed by atoms with Gasteiger partial charge in [-0.25, -0.2) is 9.97 Å². The monoisotopic (exact) mass is 352 g/mol. The average Bonchev–Trinajstić information content (AvgIpc) is 2.86. The maximum atomic E-state index is 12.6. The summed E-state index contributed by atoms with van der Waals surface area (Å²) in [5, 5.41) is 6.44. The van der Waals surface area contributed by atoms with Gasteiger partial charge in [-0.15, -0.1) is 0 Å². The number of nitrogens with one attached hydrogen (secondary N) is 2. The van der Waals surface area contributed by atoms with E-state index in [1.54, 1.807) is 6.07 Å². The van der Waals surface area contributed by atoms with E-state index >= 15 is 0 Å². The molecule has 2 aromatic rings. The first kappa shape index (κ1) is 18.4. The Kier molecular flexibility index (Phi) is 5.86. The van der Waals surface area contributed by atoms with Crippen molar-refractivity contribution in [3.05, 3.63) is 46.9 Å². The molecule has 0 radical (unpaired) electrons. The molecule has 138 valence electrons. The Morgan fingerprint density at radius 1 is 0.962 bits per heavy atom. The molecular weight excluding hydrogens is 324 g/mol. The third-order valence-electron chi connectivity index (χ3n) is 5.04. The van der Waals surface area contributed by atoms with Gasteiger partial charge in [-0.3, -0.25) is 4.79 Å². The van der Waals surface area contributed by atoms with E-state index in [1.807, 2.05) is 32.0 Å². The highest BCUT2D eigenvalue weighted by molar-refractivity contribution is 6.03. The highest BCUT2D eigenvalue weighted by Gasteiger charge is 2.15. The highest BCUT2D eigenvalue weighted by Crippen LogP contribution is 2.21. The van der Waals surface area contributed by atoms with Crippen molar-refractivity contribution >= 4 is 17.4 Å². The van der Waals surface area contributed by atoms with Gasteiger partial charge in [0.05, 0.1) is 0 Å². The molecule has 26 heavy (non-hydrogen) atoms. The van der Waals surface area contributed by atoms with E-state index in [-0.39, 0.29) is 5.91 Å². The summed E-state index contributed by atoms with van der Waals surface area (Å²) in [4.78, 5) is 21.4. The number of amides is 1. The van der Waals surface area contributed by atoms with Crippen LogP contribution in [0.2, 0.25) is 0 Å². The van der Waals surface area contributed by atoms with Gasteiger partial charge in [0.25, 0.3) is 5.91 Å². The molecule has 1 fully saturated rings. The maximum absolute atomic E-state index is 12.6. The van der Waals surface area contributed by atoms with Crippen molar-refractivity contribution < 1.29 is 4.79 Å². The molecule has 1 aromatic heterocycles. The van der Waals surface area contributed by atoms with Crippen LogP contribution < -0.4 is 10.6 Å². The van der Waals surface area contributed by atoms with Gasteiger partial charge >= 0.3 is 0 Å². The molecule has 1 aliphatic carbocycles. The van der Waals surface area contributed by atoms with Crippen LogP contribution in [0.1, 0.15) is 66.0 Å². The van der Waals surface area contributed by atoms with Crippen molar-refractivity contribution in [3.63, 3.8) is 0 Å². The molecule has 1 saturated carbocycles. The van der Waals surface area contributed by atoms with Crippen molar-refractivity contribution in [2.45, 2.75) is 65.3 Å². The number of carbonyl (C=O) groups is 1. The predicted molar refractivity (Wildman–Crippen MR) is 106 cm³/mol. The molecule has 0 unspecified atom stereocenters. The molecule has 5 heteroatoms. The zero-order valence-electron chi connectivity index (χ0n) is 15.9. The topological polar surface area (TPSA) is 66.9 Å². The van der Waals surface area contributed by atoms with Crippen molar-refractivity contribution in [3.8, 4) is 0 Å². The lowest BCUT2D eigenvalue weighted by atomic mass is 10.1. The maximum Gasteiger partial charge on any atom is 0.274 e. The fourth-order valence-corrected chi connectivity index (χ4v) is 3.41. The second kappa shape index (κ2) is 8.30. The van der Waals surface area contributed by atoms with Crippen LogP contribution in [0.3, 0.4) is 0 Å². The fourth-order valence-electron chi connectivity index (χ4n) is 3.41. The Hall–Kier alpha value is -2.43. The summed E-state index contributed by atoms with van der Waals surface area (Å²) in [6.45, 7) is 5.92. The fraction of sp³-hybridized carbons (Fsp3) is 0.476. The van der Waals surface area contributed by atoms with Crippen molar-refractivity contribution in [2.24, 2.45) is 0 Å². The Bertz CT molecular complexity index is 780. The van der Waals surface area contributed by atoms with E-state index in [0.29, 0.717) is 17.6 Å². The minimum Gasteiger partial charge on any atom is -0.367 e.